The number of halogens is 3. The Balaban J connectivity index is 2.18. The Hall–Kier alpha value is -0.360. The molecule has 1 aliphatic rings. The van der Waals surface area contributed by atoms with E-state index in [2.05, 4.69) is 5.32 Å². The smallest absolute Gasteiger partial charge is 0.253 e. The second kappa shape index (κ2) is 4.87. The van der Waals surface area contributed by atoms with Gasteiger partial charge in [-0.05, 0) is 54.0 Å². The third-order valence-corrected chi connectivity index (χ3v) is 3.83. The maximum atomic E-state index is 13.1. The van der Waals surface area contributed by atoms with Crippen LogP contribution in [0.3, 0.4) is 0 Å². The second-order valence-electron chi connectivity index (χ2n) is 3.85. The Morgan fingerprint density at radius 2 is 2.19 bits per heavy atom. The third kappa shape index (κ3) is 2.48. The van der Waals surface area contributed by atoms with Crippen LogP contribution in [0.15, 0.2) is 12.1 Å². The van der Waals surface area contributed by atoms with Crippen molar-refractivity contribution < 1.29 is 9.18 Å². The summed E-state index contributed by atoms with van der Waals surface area (Å²) < 4.78 is 13.5. The minimum absolute atomic E-state index is 0.162. The van der Waals surface area contributed by atoms with Crippen LogP contribution in [0.4, 0.5) is 4.39 Å². The van der Waals surface area contributed by atoms with Crippen LogP contribution in [0.2, 0.25) is 5.02 Å². The number of carbonyl (C=O) groups is 1. The van der Waals surface area contributed by atoms with Gasteiger partial charge in [-0.25, -0.2) is 4.39 Å². The summed E-state index contributed by atoms with van der Waals surface area (Å²) in [6, 6.07) is 2.91. The number of hydrogen-bond donors (Lipinski definition) is 1. The predicted octanol–water partition coefficient (Wildman–Crippen LogP) is 3.37. The van der Waals surface area contributed by atoms with E-state index < -0.39 is 5.82 Å². The standard InChI is InChI=1S/C11H10ClFINO/c12-8-5-9(13)10(14)4-7(8)11(16)15-6-2-1-3-6/h4-6H,1-3H2,(H,15,16). The van der Waals surface area contributed by atoms with Gasteiger partial charge in [-0.2, -0.15) is 0 Å². The molecule has 0 saturated heterocycles. The van der Waals surface area contributed by atoms with Crippen LogP contribution in [-0.2, 0) is 0 Å². The minimum Gasteiger partial charge on any atom is -0.349 e. The lowest BCUT2D eigenvalue weighted by Gasteiger charge is -2.26. The summed E-state index contributed by atoms with van der Waals surface area (Å²) in [7, 11) is 0. The van der Waals surface area contributed by atoms with Crippen molar-refractivity contribution in [3.63, 3.8) is 0 Å². The number of nitrogens with one attached hydrogen (secondary N) is 1. The van der Waals surface area contributed by atoms with Gasteiger partial charge in [0.2, 0.25) is 0 Å². The van der Waals surface area contributed by atoms with Gasteiger partial charge < -0.3 is 5.32 Å². The zero-order valence-electron chi connectivity index (χ0n) is 8.40. The fraction of sp³-hybridized carbons (Fsp3) is 0.364. The molecule has 1 fully saturated rings. The van der Waals surface area contributed by atoms with Gasteiger partial charge in [0.25, 0.3) is 5.91 Å². The van der Waals surface area contributed by atoms with E-state index in [9.17, 15) is 9.18 Å². The van der Waals surface area contributed by atoms with E-state index in [1.807, 2.05) is 22.6 Å². The molecule has 2 nitrogen and oxygen atoms in total. The number of rotatable bonds is 2. The fourth-order valence-corrected chi connectivity index (χ4v) is 2.22. The number of benzene rings is 1. The predicted molar refractivity (Wildman–Crippen MR) is 69.2 cm³/mol. The number of carbonyl (C=O) groups excluding carboxylic acids is 1. The summed E-state index contributed by atoms with van der Waals surface area (Å²) >= 11 is 7.68. The van der Waals surface area contributed by atoms with E-state index in [1.165, 1.54) is 12.1 Å². The zero-order valence-corrected chi connectivity index (χ0v) is 11.3. The number of amides is 1. The van der Waals surface area contributed by atoms with Crippen LogP contribution in [0.1, 0.15) is 29.6 Å². The molecule has 0 aromatic heterocycles. The summed E-state index contributed by atoms with van der Waals surface area (Å²) in [6.45, 7) is 0. The molecule has 0 atom stereocenters. The molecule has 1 aromatic rings. The second-order valence-corrected chi connectivity index (χ2v) is 5.42. The molecular formula is C11H10ClFINO. The molecule has 16 heavy (non-hydrogen) atoms. The van der Waals surface area contributed by atoms with Crippen LogP contribution < -0.4 is 5.32 Å². The van der Waals surface area contributed by atoms with E-state index in [0.717, 1.165) is 19.3 Å². The molecule has 0 bridgehead atoms. The van der Waals surface area contributed by atoms with Gasteiger partial charge in [0.05, 0.1) is 10.6 Å². The van der Waals surface area contributed by atoms with Crippen LogP contribution in [0.25, 0.3) is 0 Å². The van der Waals surface area contributed by atoms with Gasteiger partial charge in [0, 0.05) is 9.61 Å². The molecule has 86 valence electrons. The molecule has 0 heterocycles. The van der Waals surface area contributed by atoms with Crippen molar-refractivity contribution >= 4 is 40.1 Å². The van der Waals surface area contributed by atoms with Gasteiger partial charge in [-0.1, -0.05) is 11.6 Å². The lowest BCUT2D eigenvalue weighted by molar-refractivity contribution is 0.0917. The number of hydrogen-bond acceptors (Lipinski definition) is 1. The maximum absolute atomic E-state index is 13.1. The first-order chi connectivity index (χ1) is 7.58. The molecule has 0 aliphatic heterocycles. The Labute approximate surface area is 112 Å². The highest BCUT2D eigenvalue weighted by atomic mass is 127. The summed E-state index contributed by atoms with van der Waals surface area (Å²) in [5.41, 5.74) is 0.347. The summed E-state index contributed by atoms with van der Waals surface area (Å²) in [5, 5.41) is 3.03. The highest BCUT2D eigenvalue weighted by Crippen LogP contribution is 2.24. The van der Waals surface area contributed by atoms with Crippen molar-refractivity contribution in [1.29, 1.82) is 0 Å². The Bertz CT molecular complexity index is 434. The average molecular weight is 354 g/mol. The van der Waals surface area contributed by atoms with Crippen LogP contribution >= 0.6 is 34.2 Å². The molecular weight excluding hydrogens is 343 g/mol. The van der Waals surface area contributed by atoms with Gasteiger partial charge in [-0.3, -0.25) is 4.79 Å². The van der Waals surface area contributed by atoms with Crippen LogP contribution in [-0.4, -0.2) is 11.9 Å². The highest BCUT2D eigenvalue weighted by molar-refractivity contribution is 14.1. The van der Waals surface area contributed by atoms with Gasteiger partial charge in [0.15, 0.2) is 0 Å². The monoisotopic (exact) mass is 353 g/mol. The summed E-state index contributed by atoms with van der Waals surface area (Å²) in [6.07, 6.45) is 3.18. The molecule has 1 N–H and O–H groups in total. The van der Waals surface area contributed by atoms with E-state index in [0.29, 0.717) is 9.13 Å². The van der Waals surface area contributed by atoms with Crippen molar-refractivity contribution in [3.8, 4) is 0 Å². The minimum atomic E-state index is -0.397. The van der Waals surface area contributed by atoms with Gasteiger partial charge in [-0.15, -0.1) is 0 Å². The third-order valence-electron chi connectivity index (χ3n) is 2.69. The maximum Gasteiger partial charge on any atom is 0.253 e. The van der Waals surface area contributed by atoms with Gasteiger partial charge >= 0.3 is 0 Å². The van der Waals surface area contributed by atoms with Gasteiger partial charge in [0.1, 0.15) is 5.82 Å². The SMILES string of the molecule is O=C(NC1CCC1)c1cc(I)c(F)cc1Cl. The molecule has 0 unspecified atom stereocenters. The largest absolute Gasteiger partial charge is 0.349 e. The Morgan fingerprint density at radius 1 is 1.50 bits per heavy atom. The molecule has 1 saturated carbocycles. The normalized spacial score (nSPS) is 15.7. The van der Waals surface area contributed by atoms with Crippen LogP contribution in [0, 0.1) is 9.39 Å². The fourth-order valence-electron chi connectivity index (χ4n) is 1.51. The summed E-state index contributed by atoms with van der Waals surface area (Å²) in [4.78, 5) is 11.8. The van der Waals surface area contributed by atoms with Crippen molar-refractivity contribution in [1.82, 2.24) is 5.32 Å². The van der Waals surface area contributed by atoms with E-state index in [-0.39, 0.29) is 17.0 Å². The summed E-state index contributed by atoms with van der Waals surface area (Å²) in [5.74, 6) is -0.613. The van der Waals surface area contributed by atoms with E-state index in [1.54, 1.807) is 0 Å². The lowest BCUT2D eigenvalue weighted by Crippen LogP contribution is -2.39. The first-order valence-electron chi connectivity index (χ1n) is 5.03. The van der Waals surface area contributed by atoms with Crippen molar-refractivity contribution in [2.24, 2.45) is 0 Å². The van der Waals surface area contributed by atoms with Crippen molar-refractivity contribution in [2.45, 2.75) is 25.3 Å². The molecule has 1 amide bonds. The molecule has 5 heteroatoms. The Morgan fingerprint density at radius 3 is 2.75 bits per heavy atom. The van der Waals surface area contributed by atoms with E-state index >= 15 is 0 Å². The van der Waals surface area contributed by atoms with Crippen LogP contribution in [0.5, 0.6) is 0 Å². The molecule has 1 aromatic carbocycles. The quantitative estimate of drug-likeness (QED) is 0.641. The molecule has 2 rings (SSSR count). The van der Waals surface area contributed by atoms with Crippen molar-refractivity contribution in [2.75, 3.05) is 0 Å². The first kappa shape index (κ1) is 12.1. The first-order valence-corrected chi connectivity index (χ1v) is 6.49. The topological polar surface area (TPSA) is 29.1 Å². The lowest BCUT2D eigenvalue weighted by atomic mass is 9.93. The molecule has 0 radical (unpaired) electrons. The van der Waals surface area contributed by atoms with E-state index in [4.69, 9.17) is 11.6 Å². The highest BCUT2D eigenvalue weighted by Gasteiger charge is 2.21. The molecule has 1 aliphatic carbocycles. The Kier molecular flexibility index (Phi) is 3.69. The van der Waals surface area contributed by atoms with Crippen molar-refractivity contribution in [3.05, 3.63) is 32.1 Å². The molecule has 0 spiro atoms. The zero-order chi connectivity index (χ0) is 11.7. The average Bonchev–Trinajstić information content (AvgIpc) is 2.17.